The first-order valence-corrected chi connectivity index (χ1v) is 20.3. The molecule has 0 aliphatic rings. The summed E-state index contributed by atoms with van der Waals surface area (Å²) >= 11 is 0. The Labute approximate surface area is 363 Å². The molecule has 62 heavy (non-hydrogen) atoms. The number of hydrogen-bond donors (Lipinski definition) is 9. The molecule has 0 aliphatic carbocycles. The summed E-state index contributed by atoms with van der Waals surface area (Å²) in [6.07, 6.45) is 2.12. The fraction of sp³-hybridized carbons (Fsp3) is 0.455. The SMILES string of the molecule is CCC(C)(C)C(=O)OCCNC(=O)Nc1ccc(O)cc1.CCC(C)(C)C(=O)OCCNC(=O)Nc1cccc(O)c1.CCC(C)C(=O)OCCNC(=O)Nc1ccc(O)cc1. The van der Waals surface area contributed by atoms with Crippen LogP contribution in [0.1, 0.15) is 74.7 Å². The van der Waals surface area contributed by atoms with Gasteiger partial charge in [-0.3, -0.25) is 14.4 Å². The quantitative estimate of drug-likeness (QED) is 0.0269. The largest absolute Gasteiger partial charge is 0.508 e. The van der Waals surface area contributed by atoms with Gasteiger partial charge in [-0.15, -0.1) is 0 Å². The number of esters is 3. The Kier molecular flexibility index (Phi) is 24.0. The lowest BCUT2D eigenvalue weighted by Gasteiger charge is -2.20. The first kappa shape index (κ1) is 53.3. The summed E-state index contributed by atoms with van der Waals surface area (Å²) in [4.78, 5) is 69.4. The van der Waals surface area contributed by atoms with E-state index in [1.807, 2.05) is 48.5 Å². The Morgan fingerprint density at radius 2 is 0.903 bits per heavy atom. The van der Waals surface area contributed by atoms with Gasteiger partial charge < -0.3 is 61.4 Å². The second kappa shape index (κ2) is 27.9. The van der Waals surface area contributed by atoms with Crippen LogP contribution >= 0.6 is 0 Å². The Morgan fingerprint density at radius 1 is 0.532 bits per heavy atom. The van der Waals surface area contributed by atoms with Crippen LogP contribution in [0.3, 0.4) is 0 Å². The number of phenols is 3. The maximum Gasteiger partial charge on any atom is 0.319 e. The number of aromatic hydroxyl groups is 3. The van der Waals surface area contributed by atoms with Gasteiger partial charge in [-0.1, -0.05) is 33.8 Å². The lowest BCUT2D eigenvalue weighted by molar-refractivity contribution is -0.154. The van der Waals surface area contributed by atoms with Crippen LogP contribution in [0.5, 0.6) is 17.2 Å². The third-order valence-electron chi connectivity index (χ3n) is 9.12. The summed E-state index contributed by atoms with van der Waals surface area (Å²) in [6.45, 7) is 15.9. The minimum Gasteiger partial charge on any atom is -0.508 e. The van der Waals surface area contributed by atoms with E-state index in [1.165, 1.54) is 36.4 Å². The number of nitrogens with one attached hydrogen (secondary N) is 6. The van der Waals surface area contributed by atoms with Crippen molar-refractivity contribution < 1.29 is 58.3 Å². The van der Waals surface area contributed by atoms with Crippen molar-refractivity contribution in [1.82, 2.24) is 16.0 Å². The summed E-state index contributed by atoms with van der Waals surface area (Å²) in [6, 6.07) is 17.2. The number of benzene rings is 3. The predicted octanol–water partition coefficient (Wildman–Crippen LogP) is 7.09. The zero-order chi connectivity index (χ0) is 46.7. The van der Waals surface area contributed by atoms with E-state index in [-0.39, 0.29) is 80.5 Å². The number of carbonyl (C=O) groups excluding carboxylic acids is 6. The number of amides is 6. The Bertz CT molecular complexity index is 1850. The van der Waals surface area contributed by atoms with E-state index in [9.17, 15) is 33.9 Å². The normalized spacial score (nSPS) is 11.0. The summed E-state index contributed by atoms with van der Waals surface area (Å²) < 4.78 is 15.2. The van der Waals surface area contributed by atoms with Crippen LogP contribution in [0.15, 0.2) is 72.8 Å². The zero-order valence-corrected chi connectivity index (χ0v) is 36.9. The Balaban J connectivity index is 0.000000465. The van der Waals surface area contributed by atoms with E-state index in [1.54, 1.807) is 43.3 Å². The van der Waals surface area contributed by atoms with Crippen LogP contribution in [-0.2, 0) is 28.6 Å². The molecule has 0 radical (unpaired) electrons. The minimum absolute atomic E-state index is 0.0727. The second-order valence-corrected chi connectivity index (χ2v) is 15.0. The fourth-order valence-electron chi connectivity index (χ4n) is 4.12. The second-order valence-electron chi connectivity index (χ2n) is 15.0. The van der Waals surface area contributed by atoms with Crippen molar-refractivity contribution in [2.24, 2.45) is 16.7 Å². The smallest absolute Gasteiger partial charge is 0.319 e. The van der Waals surface area contributed by atoms with Gasteiger partial charge in [0, 0.05) is 23.1 Å². The van der Waals surface area contributed by atoms with E-state index < -0.39 is 28.9 Å². The van der Waals surface area contributed by atoms with Gasteiger partial charge in [-0.2, -0.15) is 0 Å². The molecule has 3 rings (SSSR count). The summed E-state index contributed by atoms with van der Waals surface area (Å²) in [5.74, 6) is -0.595. The maximum atomic E-state index is 11.7. The van der Waals surface area contributed by atoms with Gasteiger partial charge in [-0.25, -0.2) is 14.4 Å². The van der Waals surface area contributed by atoms with E-state index in [0.717, 1.165) is 6.42 Å². The predicted molar refractivity (Wildman–Crippen MR) is 236 cm³/mol. The van der Waals surface area contributed by atoms with Gasteiger partial charge in [0.15, 0.2) is 0 Å². The van der Waals surface area contributed by atoms with Gasteiger partial charge in [0.05, 0.1) is 36.4 Å². The molecule has 18 nitrogen and oxygen atoms in total. The van der Waals surface area contributed by atoms with E-state index >= 15 is 0 Å². The first-order chi connectivity index (χ1) is 29.2. The van der Waals surface area contributed by atoms with E-state index in [0.29, 0.717) is 29.9 Å². The van der Waals surface area contributed by atoms with Crippen molar-refractivity contribution >= 4 is 53.1 Å². The average molecular weight is 869 g/mol. The third kappa shape index (κ3) is 22.6. The van der Waals surface area contributed by atoms with Crippen LogP contribution in [0.2, 0.25) is 0 Å². The number of rotatable bonds is 18. The number of carbonyl (C=O) groups is 6. The van der Waals surface area contributed by atoms with Crippen molar-refractivity contribution in [3.63, 3.8) is 0 Å². The van der Waals surface area contributed by atoms with Crippen LogP contribution in [0.4, 0.5) is 31.4 Å². The van der Waals surface area contributed by atoms with Gasteiger partial charge >= 0.3 is 36.0 Å². The minimum atomic E-state index is -0.510. The van der Waals surface area contributed by atoms with Gasteiger partial charge in [0.25, 0.3) is 0 Å². The lowest BCUT2D eigenvalue weighted by atomic mass is 9.91. The number of phenolic OH excluding ortho intramolecular Hbond substituents is 3. The van der Waals surface area contributed by atoms with Crippen molar-refractivity contribution in [2.45, 2.75) is 74.7 Å². The standard InChI is InChI=1S/2C15H22N2O4.C14H20N2O4/c1-4-15(2,3)13(19)21-10-9-16-14(20)17-11-5-7-12(18)8-6-11;1-4-15(2,3)13(19)21-9-8-16-14(20)17-11-6-5-7-12(18)10-11;1-3-10(2)13(18)20-9-8-15-14(19)16-11-4-6-12(17)7-5-11/h5-8,18H,4,9-10H2,1-3H3,(H2,16,17,20);5-7,10,18H,4,8-9H2,1-3H3,(H2,16,17,20);4-7,10,17H,3,8-9H2,1-2H3,(H2,15,16,19). The maximum absolute atomic E-state index is 11.7. The highest BCUT2D eigenvalue weighted by atomic mass is 16.5. The van der Waals surface area contributed by atoms with Crippen LogP contribution in [0.25, 0.3) is 0 Å². The lowest BCUT2D eigenvalue weighted by Crippen LogP contribution is -2.34. The average Bonchev–Trinajstić information content (AvgIpc) is 3.24. The third-order valence-corrected chi connectivity index (χ3v) is 9.12. The molecule has 18 heteroatoms. The molecular weight excluding hydrogens is 805 g/mol. The summed E-state index contributed by atoms with van der Waals surface area (Å²) in [5.41, 5.74) is 0.598. The highest BCUT2D eigenvalue weighted by Crippen LogP contribution is 2.22. The molecule has 0 aromatic heterocycles. The van der Waals surface area contributed by atoms with E-state index in [2.05, 4.69) is 31.9 Å². The molecule has 9 N–H and O–H groups in total. The van der Waals surface area contributed by atoms with Crippen molar-refractivity contribution in [3.05, 3.63) is 72.8 Å². The monoisotopic (exact) mass is 868 g/mol. The molecule has 0 fully saturated rings. The summed E-state index contributed by atoms with van der Waals surface area (Å²) in [5, 5.41) is 43.0. The first-order valence-electron chi connectivity index (χ1n) is 20.3. The molecule has 342 valence electrons. The molecule has 0 heterocycles. The van der Waals surface area contributed by atoms with Gasteiger partial charge in [0.2, 0.25) is 0 Å². The highest BCUT2D eigenvalue weighted by Gasteiger charge is 2.27. The topological polar surface area (TPSA) is 263 Å². The number of anilines is 3. The van der Waals surface area contributed by atoms with E-state index in [4.69, 9.17) is 24.4 Å². The Morgan fingerprint density at radius 3 is 1.26 bits per heavy atom. The molecule has 1 atom stereocenters. The molecule has 3 aromatic rings. The van der Waals surface area contributed by atoms with Crippen molar-refractivity contribution in [2.75, 3.05) is 55.4 Å². The molecule has 0 spiro atoms. The molecule has 0 bridgehead atoms. The van der Waals surface area contributed by atoms with Crippen LogP contribution in [0, 0.1) is 16.7 Å². The molecule has 1 unspecified atom stereocenters. The summed E-state index contributed by atoms with van der Waals surface area (Å²) in [7, 11) is 0. The molecule has 0 saturated heterocycles. The van der Waals surface area contributed by atoms with Gasteiger partial charge in [-0.05, 0) is 108 Å². The fourth-order valence-corrected chi connectivity index (χ4v) is 4.12. The van der Waals surface area contributed by atoms with Crippen molar-refractivity contribution in [3.8, 4) is 17.2 Å². The zero-order valence-electron chi connectivity index (χ0n) is 36.9. The van der Waals surface area contributed by atoms with Gasteiger partial charge in [0.1, 0.15) is 37.1 Å². The van der Waals surface area contributed by atoms with Crippen molar-refractivity contribution in [1.29, 1.82) is 0 Å². The van der Waals surface area contributed by atoms with Crippen LogP contribution in [-0.4, -0.2) is 90.8 Å². The number of hydrogen-bond acceptors (Lipinski definition) is 12. The number of ether oxygens (including phenoxy) is 3. The molecule has 3 aromatic carbocycles. The molecule has 6 amide bonds. The molecule has 0 saturated carbocycles. The number of urea groups is 3. The molecule has 0 aliphatic heterocycles. The highest BCUT2D eigenvalue weighted by molar-refractivity contribution is 5.90. The Hall–Kier alpha value is -6.72. The van der Waals surface area contributed by atoms with Crippen LogP contribution < -0.4 is 31.9 Å². The molecular formula is C44H64N6O12.